The molecule has 14 heavy (non-hydrogen) atoms. The summed E-state index contributed by atoms with van der Waals surface area (Å²) < 4.78 is 0. The summed E-state index contributed by atoms with van der Waals surface area (Å²) in [5.74, 6) is 0.184. The molecule has 3 nitrogen and oxygen atoms in total. The highest BCUT2D eigenvalue weighted by Crippen LogP contribution is 2.04. The van der Waals surface area contributed by atoms with Crippen LogP contribution in [0, 0.1) is 0 Å². The van der Waals surface area contributed by atoms with E-state index < -0.39 is 0 Å². The van der Waals surface area contributed by atoms with Crippen LogP contribution in [0.1, 0.15) is 23.2 Å². The molecule has 0 bridgehead atoms. The summed E-state index contributed by atoms with van der Waals surface area (Å²) in [6, 6.07) is 9.34. The van der Waals surface area contributed by atoms with Gasteiger partial charge in [0.05, 0.1) is 7.11 Å². The SMILES string of the molecule is CONCCCC(=O)c1ccccc1. The van der Waals surface area contributed by atoms with Gasteiger partial charge in [-0.3, -0.25) is 4.79 Å². The summed E-state index contributed by atoms with van der Waals surface area (Å²) in [7, 11) is 1.57. The molecule has 0 atom stereocenters. The summed E-state index contributed by atoms with van der Waals surface area (Å²) in [6.45, 7) is 0.703. The first kappa shape index (κ1) is 10.9. The van der Waals surface area contributed by atoms with Crippen molar-refractivity contribution in [2.75, 3.05) is 13.7 Å². The van der Waals surface area contributed by atoms with Gasteiger partial charge in [0, 0.05) is 18.5 Å². The fourth-order valence-corrected chi connectivity index (χ4v) is 1.19. The van der Waals surface area contributed by atoms with Crippen LogP contribution in [-0.2, 0) is 4.84 Å². The molecule has 0 fully saturated rings. The molecule has 0 aliphatic carbocycles. The van der Waals surface area contributed by atoms with Crippen molar-refractivity contribution in [1.29, 1.82) is 0 Å². The number of hydroxylamine groups is 1. The number of rotatable bonds is 6. The van der Waals surface area contributed by atoms with Crippen LogP contribution in [0.3, 0.4) is 0 Å². The van der Waals surface area contributed by atoms with Crippen LogP contribution < -0.4 is 5.48 Å². The number of ketones is 1. The van der Waals surface area contributed by atoms with E-state index in [1.165, 1.54) is 0 Å². The summed E-state index contributed by atoms with van der Waals surface area (Å²) in [5.41, 5.74) is 3.49. The summed E-state index contributed by atoms with van der Waals surface area (Å²) in [4.78, 5) is 16.2. The minimum absolute atomic E-state index is 0.184. The highest BCUT2D eigenvalue weighted by atomic mass is 16.6. The summed E-state index contributed by atoms with van der Waals surface area (Å²) in [5, 5.41) is 0. The van der Waals surface area contributed by atoms with Gasteiger partial charge in [-0.05, 0) is 6.42 Å². The van der Waals surface area contributed by atoms with Gasteiger partial charge < -0.3 is 4.84 Å². The molecule has 0 saturated carbocycles. The minimum Gasteiger partial charge on any atom is -0.305 e. The molecule has 0 aliphatic heterocycles. The largest absolute Gasteiger partial charge is 0.305 e. The van der Waals surface area contributed by atoms with Crippen LogP contribution in [0.4, 0.5) is 0 Å². The second kappa shape index (κ2) is 6.29. The predicted octanol–water partition coefficient (Wildman–Crippen LogP) is 1.80. The monoisotopic (exact) mass is 193 g/mol. The molecule has 0 unspecified atom stereocenters. The summed E-state index contributed by atoms with van der Waals surface area (Å²) >= 11 is 0. The van der Waals surface area contributed by atoms with Gasteiger partial charge in [-0.25, -0.2) is 5.48 Å². The number of benzene rings is 1. The fraction of sp³-hybridized carbons (Fsp3) is 0.364. The Morgan fingerprint density at radius 1 is 1.36 bits per heavy atom. The van der Waals surface area contributed by atoms with Crippen molar-refractivity contribution in [3.8, 4) is 0 Å². The third-order valence-corrected chi connectivity index (χ3v) is 1.92. The minimum atomic E-state index is 0.184. The van der Waals surface area contributed by atoms with Crippen molar-refractivity contribution < 1.29 is 9.63 Å². The first-order valence-electron chi connectivity index (χ1n) is 4.68. The van der Waals surface area contributed by atoms with Crippen molar-refractivity contribution >= 4 is 5.78 Å². The Bertz CT molecular complexity index is 272. The van der Waals surface area contributed by atoms with E-state index in [2.05, 4.69) is 10.3 Å². The third-order valence-electron chi connectivity index (χ3n) is 1.92. The van der Waals surface area contributed by atoms with Gasteiger partial charge in [-0.2, -0.15) is 0 Å². The first-order chi connectivity index (χ1) is 6.84. The highest BCUT2D eigenvalue weighted by molar-refractivity contribution is 5.95. The molecule has 1 rings (SSSR count). The Kier molecular flexibility index (Phi) is 4.89. The molecule has 0 spiro atoms. The smallest absolute Gasteiger partial charge is 0.162 e. The lowest BCUT2D eigenvalue weighted by Crippen LogP contribution is -2.14. The third kappa shape index (κ3) is 3.68. The van der Waals surface area contributed by atoms with Crippen molar-refractivity contribution in [2.45, 2.75) is 12.8 Å². The molecule has 0 saturated heterocycles. The molecule has 76 valence electrons. The van der Waals surface area contributed by atoms with Crippen LogP contribution >= 0.6 is 0 Å². The Morgan fingerprint density at radius 2 is 2.07 bits per heavy atom. The Hall–Kier alpha value is -1.19. The molecular formula is C11H15NO2. The zero-order valence-corrected chi connectivity index (χ0v) is 8.32. The average molecular weight is 193 g/mol. The number of Topliss-reactive ketones (excluding diaryl/α,β-unsaturated/α-hetero) is 1. The average Bonchev–Trinajstić information content (AvgIpc) is 2.25. The lowest BCUT2D eigenvalue weighted by Gasteiger charge is -2.01. The van der Waals surface area contributed by atoms with Crippen LogP contribution in [-0.4, -0.2) is 19.4 Å². The van der Waals surface area contributed by atoms with E-state index in [1.54, 1.807) is 7.11 Å². The second-order valence-electron chi connectivity index (χ2n) is 2.99. The fourth-order valence-electron chi connectivity index (χ4n) is 1.19. The maximum absolute atomic E-state index is 11.5. The number of carbonyl (C=O) groups excluding carboxylic acids is 1. The van der Waals surface area contributed by atoms with E-state index in [4.69, 9.17) is 0 Å². The number of hydrogen-bond acceptors (Lipinski definition) is 3. The molecule has 3 heteroatoms. The zero-order chi connectivity index (χ0) is 10.2. The van der Waals surface area contributed by atoms with Gasteiger partial charge in [0.15, 0.2) is 5.78 Å². The normalized spacial score (nSPS) is 10.1. The van der Waals surface area contributed by atoms with Crippen molar-refractivity contribution in [3.05, 3.63) is 35.9 Å². The van der Waals surface area contributed by atoms with Gasteiger partial charge in [0.1, 0.15) is 0 Å². The number of nitrogens with one attached hydrogen (secondary N) is 1. The number of hydrogen-bond donors (Lipinski definition) is 1. The Morgan fingerprint density at radius 3 is 2.71 bits per heavy atom. The highest BCUT2D eigenvalue weighted by Gasteiger charge is 2.03. The molecule has 1 aromatic rings. The van der Waals surface area contributed by atoms with E-state index in [1.807, 2.05) is 30.3 Å². The van der Waals surface area contributed by atoms with E-state index in [-0.39, 0.29) is 5.78 Å². The van der Waals surface area contributed by atoms with Gasteiger partial charge in [0.25, 0.3) is 0 Å². The van der Waals surface area contributed by atoms with Crippen molar-refractivity contribution in [2.24, 2.45) is 0 Å². The van der Waals surface area contributed by atoms with Gasteiger partial charge in [-0.1, -0.05) is 30.3 Å². The lowest BCUT2D eigenvalue weighted by molar-refractivity contribution is 0.0865. The summed E-state index contributed by atoms with van der Waals surface area (Å²) in [6.07, 6.45) is 1.35. The lowest BCUT2D eigenvalue weighted by atomic mass is 10.1. The van der Waals surface area contributed by atoms with Crippen LogP contribution in [0.15, 0.2) is 30.3 Å². The van der Waals surface area contributed by atoms with E-state index >= 15 is 0 Å². The van der Waals surface area contributed by atoms with E-state index in [9.17, 15) is 4.79 Å². The van der Waals surface area contributed by atoms with Crippen molar-refractivity contribution in [3.63, 3.8) is 0 Å². The predicted molar refractivity (Wildman–Crippen MR) is 55.0 cm³/mol. The zero-order valence-electron chi connectivity index (χ0n) is 8.32. The molecule has 0 heterocycles. The van der Waals surface area contributed by atoms with Gasteiger partial charge in [0.2, 0.25) is 0 Å². The molecule has 0 amide bonds. The van der Waals surface area contributed by atoms with Crippen LogP contribution in [0.5, 0.6) is 0 Å². The second-order valence-corrected chi connectivity index (χ2v) is 2.99. The standard InChI is InChI=1S/C11H15NO2/c1-14-12-9-5-8-11(13)10-6-3-2-4-7-10/h2-4,6-7,12H,5,8-9H2,1H3. The molecular weight excluding hydrogens is 178 g/mol. The maximum atomic E-state index is 11.5. The quantitative estimate of drug-likeness (QED) is 0.425. The molecule has 1 aromatic carbocycles. The molecule has 0 aliphatic rings. The molecule has 0 radical (unpaired) electrons. The first-order valence-corrected chi connectivity index (χ1v) is 4.68. The topological polar surface area (TPSA) is 38.3 Å². The molecule has 0 aromatic heterocycles. The van der Waals surface area contributed by atoms with Crippen LogP contribution in [0.25, 0.3) is 0 Å². The van der Waals surface area contributed by atoms with Gasteiger partial charge in [-0.15, -0.1) is 0 Å². The van der Waals surface area contributed by atoms with Crippen molar-refractivity contribution in [1.82, 2.24) is 5.48 Å². The van der Waals surface area contributed by atoms with Gasteiger partial charge >= 0.3 is 0 Å². The Balaban J connectivity index is 2.29. The van der Waals surface area contributed by atoms with Crippen LogP contribution in [0.2, 0.25) is 0 Å². The molecule has 1 N–H and O–H groups in total. The Labute approximate surface area is 84.0 Å². The van der Waals surface area contributed by atoms with E-state index in [0.717, 1.165) is 12.0 Å². The number of carbonyl (C=O) groups is 1. The maximum Gasteiger partial charge on any atom is 0.162 e. The van der Waals surface area contributed by atoms with E-state index in [0.29, 0.717) is 13.0 Å².